The van der Waals surface area contributed by atoms with Crippen LogP contribution in [-0.2, 0) is 4.74 Å². The van der Waals surface area contributed by atoms with Gasteiger partial charge in [-0.2, -0.15) is 0 Å². The second-order valence-electron chi connectivity index (χ2n) is 5.36. The zero-order valence-electron chi connectivity index (χ0n) is 9.91. The Bertz CT molecular complexity index is 234. The summed E-state index contributed by atoms with van der Waals surface area (Å²) in [5, 5.41) is 12.2. The molecular formula is C11H21NO3. The highest BCUT2D eigenvalue weighted by atomic mass is 16.6. The summed E-state index contributed by atoms with van der Waals surface area (Å²) in [6, 6.07) is 0.0369. The number of nitrogens with one attached hydrogen (secondary N) is 1. The minimum Gasteiger partial charge on any atom is -0.444 e. The highest BCUT2D eigenvalue weighted by molar-refractivity contribution is 5.68. The second kappa shape index (κ2) is 4.39. The van der Waals surface area contributed by atoms with E-state index in [9.17, 15) is 9.90 Å². The molecule has 0 unspecified atom stereocenters. The first-order chi connectivity index (χ1) is 6.78. The Morgan fingerprint density at radius 3 is 2.40 bits per heavy atom. The lowest BCUT2D eigenvalue weighted by atomic mass is 10.1. The Morgan fingerprint density at radius 1 is 1.40 bits per heavy atom. The molecule has 0 aromatic rings. The van der Waals surface area contributed by atoms with Gasteiger partial charge in [0, 0.05) is 6.04 Å². The van der Waals surface area contributed by atoms with Crippen molar-refractivity contribution in [2.45, 2.75) is 58.3 Å². The van der Waals surface area contributed by atoms with Gasteiger partial charge in [0.25, 0.3) is 0 Å². The lowest BCUT2D eigenvalue weighted by Gasteiger charge is -2.23. The Kier molecular flexibility index (Phi) is 3.60. The summed E-state index contributed by atoms with van der Waals surface area (Å²) in [6.07, 6.45) is 0.689. The molecule has 3 atom stereocenters. The number of rotatable bonds is 1. The Hall–Kier alpha value is -0.770. The second-order valence-corrected chi connectivity index (χ2v) is 5.36. The highest BCUT2D eigenvalue weighted by Crippen LogP contribution is 2.25. The predicted octanol–water partition coefficient (Wildman–Crippen LogP) is 1.67. The number of carbonyl (C=O) groups is 1. The lowest BCUT2D eigenvalue weighted by molar-refractivity contribution is 0.0493. The van der Waals surface area contributed by atoms with Gasteiger partial charge in [0.15, 0.2) is 0 Å². The third-order valence-corrected chi connectivity index (χ3v) is 2.56. The van der Waals surface area contributed by atoms with Crippen LogP contribution in [0.5, 0.6) is 0 Å². The van der Waals surface area contributed by atoms with Gasteiger partial charge < -0.3 is 15.2 Å². The maximum atomic E-state index is 11.5. The van der Waals surface area contributed by atoms with Crippen LogP contribution in [0.4, 0.5) is 4.79 Å². The van der Waals surface area contributed by atoms with E-state index >= 15 is 0 Å². The first-order valence-electron chi connectivity index (χ1n) is 5.45. The fourth-order valence-corrected chi connectivity index (χ4v) is 1.88. The van der Waals surface area contributed by atoms with E-state index in [0.717, 1.165) is 6.42 Å². The van der Waals surface area contributed by atoms with Crippen LogP contribution >= 0.6 is 0 Å². The van der Waals surface area contributed by atoms with Crippen molar-refractivity contribution in [1.82, 2.24) is 5.32 Å². The molecule has 1 amide bonds. The van der Waals surface area contributed by atoms with Gasteiger partial charge in [-0.25, -0.2) is 4.79 Å². The van der Waals surface area contributed by atoms with E-state index in [2.05, 4.69) is 5.32 Å². The molecule has 1 aliphatic carbocycles. The quantitative estimate of drug-likeness (QED) is 0.699. The Morgan fingerprint density at radius 2 is 2.00 bits per heavy atom. The van der Waals surface area contributed by atoms with Gasteiger partial charge >= 0.3 is 6.09 Å². The van der Waals surface area contributed by atoms with Crippen molar-refractivity contribution < 1.29 is 14.6 Å². The minimum atomic E-state index is -0.468. The van der Waals surface area contributed by atoms with Crippen molar-refractivity contribution in [3.05, 3.63) is 0 Å². The molecule has 1 rings (SSSR count). The molecule has 0 spiro atoms. The highest BCUT2D eigenvalue weighted by Gasteiger charge is 2.32. The Balaban J connectivity index is 2.39. The van der Waals surface area contributed by atoms with Crippen molar-refractivity contribution in [1.29, 1.82) is 0 Å². The van der Waals surface area contributed by atoms with Crippen molar-refractivity contribution in [3.8, 4) is 0 Å². The maximum Gasteiger partial charge on any atom is 0.407 e. The SMILES string of the molecule is C[C@H]1C[C@H](O)C[C@@H]1NC(=O)OC(C)(C)C. The van der Waals surface area contributed by atoms with Gasteiger partial charge in [0.2, 0.25) is 0 Å². The summed E-state index contributed by atoms with van der Waals surface area (Å²) in [4.78, 5) is 11.5. The third-order valence-electron chi connectivity index (χ3n) is 2.56. The number of aliphatic hydroxyl groups excluding tert-OH is 1. The summed E-state index contributed by atoms with van der Waals surface area (Å²) >= 11 is 0. The minimum absolute atomic E-state index is 0.0369. The van der Waals surface area contributed by atoms with E-state index in [4.69, 9.17) is 4.74 Å². The topological polar surface area (TPSA) is 58.6 Å². The molecule has 0 aromatic heterocycles. The van der Waals surface area contributed by atoms with Crippen LogP contribution in [0.3, 0.4) is 0 Å². The number of carbonyl (C=O) groups excluding carboxylic acids is 1. The summed E-state index contributed by atoms with van der Waals surface area (Å²) in [5.74, 6) is 0.313. The predicted molar refractivity (Wildman–Crippen MR) is 57.6 cm³/mol. The summed E-state index contributed by atoms with van der Waals surface area (Å²) in [6.45, 7) is 7.52. The molecule has 0 aromatic carbocycles. The smallest absolute Gasteiger partial charge is 0.407 e. The molecule has 0 radical (unpaired) electrons. The van der Waals surface area contributed by atoms with E-state index < -0.39 is 11.7 Å². The van der Waals surface area contributed by atoms with Gasteiger partial charge in [-0.15, -0.1) is 0 Å². The van der Waals surface area contributed by atoms with Gasteiger partial charge in [-0.3, -0.25) is 0 Å². The number of aliphatic hydroxyl groups is 1. The van der Waals surface area contributed by atoms with Crippen LogP contribution in [0, 0.1) is 5.92 Å². The zero-order valence-corrected chi connectivity index (χ0v) is 9.91. The lowest BCUT2D eigenvalue weighted by Crippen LogP contribution is -2.40. The van der Waals surface area contributed by atoms with Crippen molar-refractivity contribution in [2.75, 3.05) is 0 Å². The molecule has 1 saturated carbocycles. The maximum absolute atomic E-state index is 11.5. The van der Waals surface area contributed by atoms with Gasteiger partial charge in [-0.05, 0) is 39.5 Å². The van der Waals surface area contributed by atoms with E-state index in [1.54, 1.807) is 0 Å². The van der Waals surface area contributed by atoms with Crippen LogP contribution in [0.2, 0.25) is 0 Å². The van der Waals surface area contributed by atoms with Gasteiger partial charge in [0.05, 0.1) is 6.10 Å². The van der Waals surface area contributed by atoms with E-state index in [1.165, 1.54) is 0 Å². The molecule has 4 heteroatoms. The molecule has 0 heterocycles. The van der Waals surface area contributed by atoms with Crippen LogP contribution in [-0.4, -0.2) is 28.9 Å². The molecule has 15 heavy (non-hydrogen) atoms. The number of hydrogen-bond donors (Lipinski definition) is 2. The van der Waals surface area contributed by atoms with Crippen LogP contribution in [0.1, 0.15) is 40.5 Å². The third kappa shape index (κ3) is 4.08. The van der Waals surface area contributed by atoms with Gasteiger partial charge in [0.1, 0.15) is 5.60 Å². The molecule has 0 bridgehead atoms. The summed E-state index contributed by atoms with van der Waals surface area (Å²) in [7, 11) is 0. The normalized spacial score (nSPS) is 31.4. The number of amides is 1. The van der Waals surface area contributed by atoms with Crippen LogP contribution in [0.15, 0.2) is 0 Å². The molecule has 1 fully saturated rings. The fourth-order valence-electron chi connectivity index (χ4n) is 1.88. The van der Waals surface area contributed by atoms with E-state index in [1.807, 2.05) is 27.7 Å². The average molecular weight is 215 g/mol. The van der Waals surface area contributed by atoms with Gasteiger partial charge in [-0.1, -0.05) is 6.92 Å². The average Bonchev–Trinajstić information content (AvgIpc) is 2.25. The monoisotopic (exact) mass is 215 g/mol. The molecule has 0 saturated heterocycles. The first kappa shape index (κ1) is 12.3. The molecular weight excluding hydrogens is 194 g/mol. The summed E-state index contributed by atoms with van der Waals surface area (Å²) in [5.41, 5.74) is -0.468. The van der Waals surface area contributed by atoms with Crippen LogP contribution < -0.4 is 5.32 Å². The fraction of sp³-hybridized carbons (Fsp3) is 0.909. The summed E-state index contributed by atoms with van der Waals surface area (Å²) < 4.78 is 5.15. The Labute approximate surface area is 91.0 Å². The molecule has 88 valence electrons. The van der Waals surface area contributed by atoms with E-state index in [-0.39, 0.29) is 12.1 Å². The number of alkyl carbamates (subject to hydrolysis) is 1. The molecule has 4 nitrogen and oxygen atoms in total. The number of hydrogen-bond acceptors (Lipinski definition) is 3. The van der Waals surface area contributed by atoms with E-state index in [0.29, 0.717) is 12.3 Å². The van der Waals surface area contributed by atoms with Crippen molar-refractivity contribution in [3.63, 3.8) is 0 Å². The zero-order chi connectivity index (χ0) is 11.6. The largest absolute Gasteiger partial charge is 0.444 e. The molecule has 0 aliphatic heterocycles. The molecule has 2 N–H and O–H groups in total. The van der Waals surface area contributed by atoms with Crippen molar-refractivity contribution >= 4 is 6.09 Å². The number of ether oxygens (including phenoxy) is 1. The van der Waals surface area contributed by atoms with Crippen molar-refractivity contribution in [2.24, 2.45) is 5.92 Å². The van der Waals surface area contributed by atoms with Crippen LogP contribution in [0.25, 0.3) is 0 Å². The standard InChI is InChI=1S/C11H21NO3/c1-7-5-8(13)6-9(7)12-10(14)15-11(2,3)4/h7-9,13H,5-6H2,1-4H3,(H,12,14)/t7-,8-,9-/m0/s1. The molecule has 1 aliphatic rings. The first-order valence-corrected chi connectivity index (χ1v) is 5.45.